The molecule has 0 aliphatic rings. The van der Waals surface area contributed by atoms with Crippen molar-refractivity contribution in [1.82, 2.24) is 14.5 Å². The van der Waals surface area contributed by atoms with Crippen LogP contribution in [0.5, 0.6) is 11.5 Å². The largest absolute Gasteiger partial charge is 0.491 e. The molecule has 0 radical (unpaired) electrons. The molecule has 0 unspecified atom stereocenters. The average Bonchev–Trinajstić information content (AvgIpc) is 3.36. The van der Waals surface area contributed by atoms with Crippen LogP contribution in [-0.4, -0.2) is 38.8 Å². The summed E-state index contributed by atoms with van der Waals surface area (Å²) in [5, 5.41) is 20.5. The Labute approximate surface area is 237 Å². The summed E-state index contributed by atoms with van der Waals surface area (Å²) in [6, 6.07) is 8.91. The topological polar surface area (TPSA) is 127 Å². The van der Waals surface area contributed by atoms with Crippen LogP contribution in [0.3, 0.4) is 0 Å². The molecule has 1 N–H and O–H groups in total. The third kappa shape index (κ3) is 5.15. The molecule has 5 aromatic rings. The molecule has 0 aliphatic heterocycles. The first-order valence-corrected chi connectivity index (χ1v) is 13.0. The summed E-state index contributed by atoms with van der Waals surface area (Å²) >= 11 is 7.47. The second kappa shape index (κ2) is 11.1. The number of hydrogen-bond acceptors (Lipinski definition) is 8. The Morgan fingerprint density at radius 1 is 1.27 bits per heavy atom. The standard InChI is InChI=1S/C27H16ClF3N4O5S/c1-12-34-19-9-18(29)23(40-27(30)31)16(10-32)21(19)25(36)35(12)6-7-39-20-3-2-13(28)8-15(20)14-4-5-33-22-17(26(37)38)11-41-24(14)22/h2-5,8-9,11,27H,6-7H2,1H3,(H,37,38). The number of thiophene rings is 1. The number of nitrogens with zero attached hydrogens (tertiary/aromatic N) is 4. The van der Waals surface area contributed by atoms with E-state index in [1.165, 1.54) is 34.4 Å². The zero-order valence-electron chi connectivity index (χ0n) is 20.8. The van der Waals surface area contributed by atoms with Gasteiger partial charge in [0.1, 0.15) is 29.8 Å². The number of aromatic nitrogens is 3. The number of carbonyl (C=O) groups is 1. The van der Waals surface area contributed by atoms with Crippen LogP contribution in [0.4, 0.5) is 13.2 Å². The Bertz CT molecular complexity index is 1950. The number of benzene rings is 2. The quantitative estimate of drug-likeness (QED) is 0.229. The van der Waals surface area contributed by atoms with E-state index in [9.17, 15) is 33.1 Å². The number of alkyl halides is 2. The number of aromatic carboxylic acids is 1. The van der Waals surface area contributed by atoms with Crippen LogP contribution in [-0.2, 0) is 6.54 Å². The monoisotopic (exact) mass is 600 g/mol. The number of hydrogen-bond donors (Lipinski definition) is 1. The van der Waals surface area contributed by atoms with Gasteiger partial charge in [0, 0.05) is 33.8 Å². The van der Waals surface area contributed by atoms with E-state index in [0.717, 1.165) is 6.07 Å². The van der Waals surface area contributed by atoms with Crippen LogP contribution in [0.25, 0.3) is 32.2 Å². The van der Waals surface area contributed by atoms with Crippen LogP contribution in [0.2, 0.25) is 5.02 Å². The molecule has 0 bridgehead atoms. The lowest BCUT2D eigenvalue weighted by Gasteiger charge is -2.16. The predicted molar refractivity (Wildman–Crippen MR) is 145 cm³/mol. The van der Waals surface area contributed by atoms with Crippen molar-refractivity contribution < 1.29 is 32.5 Å². The lowest BCUT2D eigenvalue weighted by Crippen LogP contribution is -2.27. The molecule has 41 heavy (non-hydrogen) atoms. The fourth-order valence-electron chi connectivity index (χ4n) is 4.40. The van der Waals surface area contributed by atoms with Gasteiger partial charge >= 0.3 is 12.6 Å². The van der Waals surface area contributed by atoms with Crippen molar-refractivity contribution in [3.63, 3.8) is 0 Å². The molecule has 9 nitrogen and oxygen atoms in total. The van der Waals surface area contributed by atoms with Crippen LogP contribution < -0.4 is 15.0 Å². The number of aryl methyl sites for hydroxylation is 1. The minimum atomic E-state index is -3.41. The van der Waals surface area contributed by atoms with E-state index in [0.29, 0.717) is 32.1 Å². The molecule has 208 valence electrons. The molecule has 0 amide bonds. The van der Waals surface area contributed by atoms with Crippen LogP contribution in [0.1, 0.15) is 21.7 Å². The molecule has 0 spiro atoms. The van der Waals surface area contributed by atoms with Crippen LogP contribution in [0.15, 0.2) is 46.7 Å². The highest BCUT2D eigenvalue weighted by atomic mass is 35.5. The van der Waals surface area contributed by atoms with Crippen molar-refractivity contribution in [3.05, 3.63) is 80.1 Å². The van der Waals surface area contributed by atoms with Crippen LogP contribution >= 0.6 is 22.9 Å². The third-order valence-corrected chi connectivity index (χ3v) is 7.39. The van der Waals surface area contributed by atoms with E-state index in [-0.39, 0.29) is 35.4 Å². The maximum Gasteiger partial charge on any atom is 0.387 e. The molecule has 2 aromatic carbocycles. The molecule has 14 heteroatoms. The SMILES string of the molecule is Cc1nc2cc(F)c(OC(F)F)c(C#N)c2c(=O)n1CCOc1ccc(Cl)cc1-c1ccnc2c(C(=O)O)csc12. The number of fused-ring (bicyclic) bond motifs is 2. The predicted octanol–water partition coefficient (Wildman–Crippen LogP) is 6.02. The molecule has 0 fully saturated rings. The van der Waals surface area contributed by atoms with Gasteiger partial charge in [0.05, 0.1) is 33.2 Å². The van der Waals surface area contributed by atoms with Crippen molar-refractivity contribution >= 4 is 50.0 Å². The Hall–Kier alpha value is -4.67. The van der Waals surface area contributed by atoms with Crippen LogP contribution in [0, 0.1) is 24.1 Å². The van der Waals surface area contributed by atoms with E-state index in [2.05, 4.69) is 14.7 Å². The summed E-state index contributed by atoms with van der Waals surface area (Å²) in [6.07, 6.45) is 1.48. The Kier molecular flexibility index (Phi) is 7.53. The normalized spacial score (nSPS) is 11.2. The minimum absolute atomic E-state index is 0.0636. The number of carboxylic acid groups (broad SMARTS) is 1. The fraction of sp³-hybridized carbons (Fsp3) is 0.148. The van der Waals surface area contributed by atoms with Gasteiger partial charge in [-0.3, -0.25) is 14.3 Å². The number of rotatable bonds is 8. The highest BCUT2D eigenvalue weighted by molar-refractivity contribution is 7.18. The first-order valence-electron chi connectivity index (χ1n) is 11.7. The minimum Gasteiger partial charge on any atom is -0.491 e. The molecule has 0 atom stereocenters. The highest BCUT2D eigenvalue weighted by Crippen LogP contribution is 2.39. The van der Waals surface area contributed by atoms with Gasteiger partial charge in [-0.15, -0.1) is 11.3 Å². The van der Waals surface area contributed by atoms with E-state index >= 15 is 0 Å². The van der Waals surface area contributed by atoms with E-state index in [1.807, 2.05) is 0 Å². The number of carboxylic acids is 1. The van der Waals surface area contributed by atoms with Gasteiger partial charge in [0.2, 0.25) is 0 Å². The van der Waals surface area contributed by atoms with Crippen molar-refractivity contribution in [2.24, 2.45) is 0 Å². The Morgan fingerprint density at radius 2 is 2.05 bits per heavy atom. The molecule has 3 heterocycles. The summed E-state index contributed by atoms with van der Waals surface area (Å²) in [6.45, 7) is -2.07. The number of halogens is 4. The number of nitriles is 1. The van der Waals surface area contributed by atoms with Gasteiger partial charge in [0.15, 0.2) is 11.6 Å². The maximum atomic E-state index is 14.4. The summed E-state index contributed by atoms with van der Waals surface area (Å²) < 4.78 is 52.0. The molecule has 0 saturated carbocycles. The molecule has 0 saturated heterocycles. The first kappa shape index (κ1) is 27.9. The van der Waals surface area contributed by atoms with E-state index < -0.39 is 35.3 Å². The first-order chi connectivity index (χ1) is 19.6. The fourth-order valence-corrected chi connectivity index (χ4v) is 5.60. The lowest BCUT2D eigenvalue weighted by molar-refractivity contribution is -0.0522. The zero-order valence-corrected chi connectivity index (χ0v) is 22.4. The third-order valence-electron chi connectivity index (χ3n) is 6.15. The number of pyridine rings is 1. The van der Waals surface area contributed by atoms with Crippen molar-refractivity contribution in [1.29, 1.82) is 5.26 Å². The van der Waals surface area contributed by atoms with Gasteiger partial charge in [-0.05, 0) is 31.2 Å². The number of ether oxygens (including phenoxy) is 2. The summed E-state index contributed by atoms with van der Waals surface area (Å²) in [7, 11) is 0. The van der Waals surface area contributed by atoms with Crippen molar-refractivity contribution in [2.75, 3.05) is 6.61 Å². The molecular formula is C27H16ClF3N4O5S. The average molecular weight is 601 g/mol. The smallest absolute Gasteiger partial charge is 0.387 e. The molecule has 5 rings (SSSR count). The van der Waals surface area contributed by atoms with E-state index in [1.54, 1.807) is 30.3 Å². The second-order valence-corrected chi connectivity index (χ2v) is 9.86. The summed E-state index contributed by atoms with van der Waals surface area (Å²) in [5.41, 5.74) is -0.0642. The van der Waals surface area contributed by atoms with Gasteiger partial charge in [0.25, 0.3) is 5.56 Å². The Balaban J connectivity index is 1.50. The van der Waals surface area contributed by atoms with Gasteiger partial charge < -0.3 is 14.6 Å². The zero-order chi connectivity index (χ0) is 29.4. The molecule has 3 aromatic heterocycles. The van der Waals surface area contributed by atoms with E-state index in [4.69, 9.17) is 16.3 Å². The Morgan fingerprint density at radius 3 is 2.76 bits per heavy atom. The van der Waals surface area contributed by atoms with Gasteiger partial charge in [-0.25, -0.2) is 14.2 Å². The van der Waals surface area contributed by atoms with Crippen molar-refractivity contribution in [3.8, 4) is 28.7 Å². The molecule has 0 aliphatic carbocycles. The van der Waals surface area contributed by atoms with Gasteiger partial charge in [-0.2, -0.15) is 14.0 Å². The summed E-state index contributed by atoms with van der Waals surface area (Å²) in [4.78, 5) is 33.3. The van der Waals surface area contributed by atoms with Crippen molar-refractivity contribution in [2.45, 2.75) is 20.1 Å². The maximum absolute atomic E-state index is 14.4. The van der Waals surface area contributed by atoms with Gasteiger partial charge in [-0.1, -0.05) is 11.6 Å². The highest BCUT2D eigenvalue weighted by Gasteiger charge is 2.23. The molecular weight excluding hydrogens is 585 g/mol. The summed E-state index contributed by atoms with van der Waals surface area (Å²) in [5.74, 6) is -2.84. The lowest BCUT2D eigenvalue weighted by atomic mass is 10.0. The second-order valence-electron chi connectivity index (χ2n) is 8.54.